The Morgan fingerprint density at radius 3 is 2.36 bits per heavy atom. The molecule has 0 aromatic heterocycles. The zero-order chi connectivity index (χ0) is 19.3. The summed E-state index contributed by atoms with van der Waals surface area (Å²) in [6, 6.07) is 5.02. The third kappa shape index (κ3) is 7.66. The van der Waals surface area contributed by atoms with Crippen LogP contribution < -0.4 is 10.0 Å². The Balaban J connectivity index is 2.45. The highest BCUT2D eigenvalue weighted by Crippen LogP contribution is 2.16. The molecule has 1 aromatic carbocycles. The van der Waals surface area contributed by atoms with E-state index in [0.717, 1.165) is 5.56 Å². The van der Waals surface area contributed by atoms with E-state index in [1.54, 1.807) is 19.1 Å². The monoisotopic (exact) mass is 370 g/mol. The van der Waals surface area contributed by atoms with Gasteiger partial charge < -0.3 is 10.1 Å². The molecule has 25 heavy (non-hydrogen) atoms. The molecule has 140 valence electrons. The minimum atomic E-state index is -3.70. The molecular formula is C17H26N2O5S. The van der Waals surface area contributed by atoms with Gasteiger partial charge in [-0.15, -0.1) is 0 Å². The molecule has 0 aliphatic carbocycles. The van der Waals surface area contributed by atoms with Gasteiger partial charge in [-0.05, 0) is 46.2 Å². The summed E-state index contributed by atoms with van der Waals surface area (Å²) in [5.74, 6) is -1.05. The van der Waals surface area contributed by atoms with Crippen LogP contribution in [0.2, 0.25) is 0 Å². The van der Waals surface area contributed by atoms with Crippen LogP contribution in [0.25, 0.3) is 0 Å². The molecule has 0 aliphatic heterocycles. The molecule has 0 heterocycles. The zero-order valence-corrected chi connectivity index (χ0v) is 16.1. The second-order valence-corrected chi connectivity index (χ2v) is 8.61. The Kier molecular flexibility index (Phi) is 7.13. The second-order valence-electron chi connectivity index (χ2n) is 6.88. The van der Waals surface area contributed by atoms with Gasteiger partial charge in [0.1, 0.15) is 0 Å². The third-order valence-corrected chi connectivity index (χ3v) is 4.74. The van der Waals surface area contributed by atoms with Crippen molar-refractivity contribution in [1.29, 1.82) is 0 Å². The van der Waals surface area contributed by atoms with Gasteiger partial charge in [0.25, 0.3) is 5.91 Å². The molecule has 0 bridgehead atoms. The number of hydrogen-bond acceptors (Lipinski definition) is 5. The van der Waals surface area contributed by atoms with Crippen LogP contribution in [0.5, 0.6) is 0 Å². The van der Waals surface area contributed by atoms with Crippen molar-refractivity contribution >= 4 is 21.9 Å². The van der Waals surface area contributed by atoms with Crippen LogP contribution in [0, 0.1) is 13.8 Å². The number of amides is 1. The van der Waals surface area contributed by atoms with Crippen molar-refractivity contribution in [3.63, 3.8) is 0 Å². The minimum Gasteiger partial charge on any atom is -0.456 e. The van der Waals surface area contributed by atoms with Crippen molar-refractivity contribution in [2.45, 2.75) is 51.5 Å². The highest BCUT2D eigenvalue weighted by Gasteiger charge is 2.18. The summed E-state index contributed by atoms with van der Waals surface area (Å²) < 4.78 is 31.7. The van der Waals surface area contributed by atoms with Gasteiger partial charge in [0.05, 0.1) is 11.3 Å². The van der Waals surface area contributed by atoms with Gasteiger partial charge in [-0.2, -0.15) is 0 Å². The van der Waals surface area contributed by atoms with Crippen LogP contribution >= 0.6 is 0 Å². The molecule has 0 atom stereocenters. The van der Waals surface area contributed by atoms with E-state index < -0.39 is 27.4 Å². The standard InChI is InChI=1S/C17H26N2O5S/c1-12-6-7-14(13(2)10-12)25(22,23)18-9-8-16(21)24-11-15(20)19-17(3,4)5/h6-7,10,18H,8-9,11H2,1-5H3,(H,19,20). The Morgan fingerprint density at radius 2 is 1.80 bits per heavy atom. The Bertz CT molecular complexity index is 736. The molecule has 0 radical (unpaired) electrons. The number of rotatable bonds is 7. The van der Waals surface area contributed by atoms with Crippen molar-refractivity contribution in [2.75, 3.05) is 13.2 Å². The smallest absolute Gasteiger partial charge is 0.307 e. The number of benzene rings is 1. The predicted molar refractivity (Wildman–Crippen MR) is 94.6 cm³/mol. The maximum absolute atomic E-state index is 12.2. The van der Waals surface area contributed by atoms with E-state index in [1.807, 2.05) is 27.7 Å². The largest absolute Gasteiger partial charge is 0.456 e. The molecule has 0 fully saturated rings. The third-order valence-electron chi connectivity index (χ3n) is 3.12. The molecule has 1 amide bonds. The highest BCUT2D eigenvalue weighted by atomic mass is 32.2. The first-order chi connectivity index (χ1) is 11.4. The van der Waals surface area contributed by atoms with E-state index in [0.29, 0.717) is 5.56 Å². The summed E-state index contributed by atoms with van der Waals surface area (Å²) in [6.45, 7) is 8.54. The van der Waals surface area contributed by atoms with Crippen LogP contribution in [0.4, 0.5) is 0 Å². The van der Waals surface area contributed by atoms with Gasteiger partial charge >= 0.3 is 5.97 Å². The summed E-state index contributed by atoms with van der Waals surface area (Å²) >= 11 is 0. The lowest BCUT2D eigenvalue weighted by atomic mass is 10.1. The molecule has 0 saturated heterocycles. The van der Waals surface area contributed by atoms with Crippen molar-refractivity contribution in [2.24, 2.45) is 0 Å². The van der Waals surface area contributed by atoms with Crippen molar-refractivity contribution in [3.05, 3.63) is 29.3 Å². The molecule has 1 aromatic rings. The Labute approximate surface area is 149 Å². The van der Waals surface area contributed by atoms with Crippen LogP contribution in [0.3, 0.4) is 0 Å². The average molecular weight is 370 g/mol. The minimum absolute atomic E-state index is 0.102. The molecule has 0 saturated carbocycles. The van der Waals surface area contributed by atoms with Gasteiger partial charge in [0, 0.05) is 12.1 Å². The van der Waals surface area contributed by atoms with E-state index in [1.165, 1.54) is 6.07 Å². The summed E-state index contributed by atoms with van der Waals surface area (Å²) in [5, 5.41) is 2.66. The normalized spacial score (nSPS) is 11.9. The number of hydrogen-bond donors (Lipinski definition) is 2. The maximum atomic E-state index is 12.2. The van der Waals surface area contributed by atoms with Crippen molar-refractivity contribution < 1.29 is 22.7 Å². The lowest BCUT2D eigenvalue weighted by Gasteiger charge is -2.20. The van der Waals surface area contributed by atoms with Gasteiger partial charge in [-0.1, -0.05) is 17.7 Å². The number of nitrogens with one attached hydrogen (secondary N) is 2. The number of sulfonamides is 1. The van der Waals surface area contributed by atoms with E-state index in [-0.39, 0.29) is 24.5 Å². The maximum Gasteiger partial charge on any atom is 0.307 e. The summed E-state index contributed by atoms with van der Waals surface area (Å²) in [7, 11) is -3.70. The first kappa shape index (κ1) is 21.1. The summed E-state index contributed by atoms with van der Waals surface area (Å²) in [4.78, 5) is 23.3. The number of carbonyl (C=O) groups excluding carboxylic acids is 2. The van der Waals surface area contributed by atoms with Crippen LogP contribution in [-0.2, 0) is 24.3 Å². The first-order valence-electron chi connectivity index (χ1n) is 7.94. The SMILES string of the molecule is Cc1ccc(S(=O)(=O)NCCC(=O)OCC(=O)NC(C)(C)C)c(C)c1. The second kappa shape index (κ2) is 8.44. The van der Waals surface area contributed by atoms with Gasteiger partial charge in [-0.25, -0.2) is 13.1 Å². The fraction of sp³-hybridized carbons (Fsp3) is 0.529. The van der Waals surface area contributed by atoms with Crippen LogP contribution in [0.15, 0.2) is 23.1 Å². The Morgan fingerprint density at radius 1 is 1.16 bits per heavy atom. The molecule has 8 heteroatoms. The summed E-state index contributed by atoms with van der Waals surface area (Å²) in [5.41, 5.74) is 1.19. The number of carbonyl (C=O) groups is 2. The first-order valence-corrected chi connectivity index (χ1v) is 9.42. The van der Waals surface area contributed by atoms with Crippen molar-refractivity contribution in [1.82, 2.24) is 10.0 Å². The fourth-order valence-corrected chi connectivity index (χ4v) is 3.39. The fourth-order valence-electron chi connectivity index (χ4n) is 2.14. The van der Waals surface area contributed by atoms with Gasteiger partial charge in [0.15, 0.2) is 6.61 Å². The van der Waals surface area contributed by atoms with E-state index >= 15 is 0 Å². The van der Waals surface area contributed by atoms with Crippen molar-refractivity contribution in [3.8, 4) is 0 Å². The molecule has 0 aliphatic rings. The lowest BCUT2D eigenvalue weighted by Crippen LogP contribution is -2.42. The molecule has 7 nitrogen and oxygen atoms in total. The van der Waals surface area contributed by atoms with E-state index in [9.17, 15) is 18.0 Å². The quantitative estimate of drug-likeness (QED) is 0.707. The van der Waals surface area contributed by atoms with Gasteiger partial charge in [0.2, 0.25) is 10.0 Å². The molecular weight excluding hydrogens is 344 g/mol. The molecule has 2 N–H and O–H groups in total. The number of ether oxygens (including phenoxy) is 1. The highest BCUT2D eigenvalue weighted by molar-refractivity contribution is 7.89. The van der Waals surface area contributed by atoms with Crippen LogP contribution in [-0.4, -0.2) is 39.0 Å². The topological polar surface area (TPSA) is 102 Å². The lowest BCUT2D eigenvalue weighted by molar-refractivity contribution is -0.148. The molecule has 0 spiro atoms. The number of aryl methyl sites for hydroxylation is 2. The number of esters is 1. The van der Waals surface area contributed by atoms with E-state index in [4.69, 9.17) is 4.74 Å². The van der Waals surface area contributed by atoms with Crippen LogP contribution in [0.1, 0.15) is 38.3 Å². The zero-order valence-electron chi connectivity index (χ0n) is 15.3. The van der Waals surface area contributed by atoms with Gasteiger partial charge in [-0.3, -0.25) is 9.59 Å². The average Bonchev–Trinajstić information content (AvgIpc) is 2.42. The summed E-state index contributed by atoms with van der Waals surface area (Å²) in [6.07, 6.45) is -0.160. The molecule has 1 rings (SSSR count). The van der Waals surface area contributed by atoms with E-state index in [2.05, 4.69) is 10.0 Å². The molecule has 0 unspecified atom stereocenters. The predicted octanol–water partition coefficient (Wildman–Crippen LogP) is 1.43. The Hall–Kier alpha value is -1.93.